The molecule has 0 radical (unpaired) electrons. The second kappa shape index (κ2) is 8.29. The Bertz CT molecular complexity index is 433. The average Bonchev–Trinajstić information content (AvgIpc) is 2.86. The Morgan fingerprint density at radius 1 is 1.30 bits per heavy atom. The summed E-state index contributed by atoms with van der Waals surface area (Å²) < 4.78 is 10.4. The van der Waals surface area contributed by atoms with Crippen molar-refractivity contribution < 1.29 is 23.9 Å². The van der Waals surface area contributed by atoms with Crippen LogP contribution in [0.2, 0.25) is 0 Å². The molecule has 132 valence electrons. The fourth-order valence-electron chi connectivity index (χ4n) is 2.55. The number of amides is 1. The molecule has 0 aromatic heterocycles. The Hall–Kier alpha value is -1.63. The van der Waals surface area contributed by atoms with Crippen molar-refractivity contribution in [2.24, 2.45) is 0 Å². The van der Waals surface area contributed by atoms with E-state index in [-0.39, 0.29) is 12.0 Å². The predicted molar refractivity (Wildman–Crippen MR) is 85.1 cm³/mol. The lowest BCUT2D eigenvalue weighted by molar-refractivity contribution is -0.149. The van der Waals surface area contributed by atoms with E-state index in [0.717, 1.165) is 6.29 Å². The zero-order valence-corrected chi connectivity index (χ0v) is 14.7. The molecule has 1 rings (SSSR count). The highest BCUT2D eigenvalue weighted by Crippen LogP contribution is 2.24. The predicted octanol–water partition coefficient (Wildman–Crippen LogP) is 1.45. The molecule has 2 unspecified atom stereocenters. The van der Waals surface area contributed by atoms with Crippen molar-refractivity contribution in [3.8, 4) is 0 Å². The summed E-state index contributed by atoms with van der Waals surface area (Å²) in [7, 11) is 1.64. The molecule has 1 saturated heterocycles. The number of likely N-dealkylation sites (tertiary alicyclic amines) is 1. The normalized spacial score (nSPS) is 21.8. The van der Waals surface area contributed by atoms with E-state index >= 15 is 0 Å². The van der Waals surface area contributed by atoms with Crippen molar-refractivity contribution in [3.63, 3.8) is 0 Å². The SMILES string of the molecule is CCOC(=O)C1CCC(C=O)N1CCN(C)C(=O)OC(C)(C)C. The molecule has 7 heteroatoms. The number of hydrogen-bond acceptors (Lipinski definition) is 6. The minimum Gasteiger partial charge on any atom is -0.465 e. The van der Waals surface area contributed by atoms with Crippen LogP contribution in [0, 0.1) is 0 Å². The van der Waals surface area contributed by atoms with Gasteiger partial charge in [0.2, 0.25) is 0 Å². The number of carbonyl (C=O) groups is 3. The fraction of sp³-hybridized carbons (Fsp3) is 0.812. The van der Waals surface area contributed by atoms with E-state index in [4.69, 9.17) is 9.47 Å². The monoisotopic (exact) mass is 328 g/mol. The van der Waals surface area contributed by atoms with E-state index in [2.05, 4.69) is 0 Å². The van der Waals surface area contributed by atoms with Gasteiger partial charge in [0.15, 0.2) is 0 Å². The van der Waals surface area contributed by atoms with Crippen molar-refractivity contribution in [1.29, 1.82) is 0 Å². The van der Waals surface area contributed by atoms with E-state index in [1.165, 1.54) is 4.90 Å². The quantitative estimate of drug-likeness (QED) is 0.542. The molecular formula is C16H28N2O5. The van der Waals surface area contributed by atoms with Crippen molar-refractivity contribution in [2.45, 2.75) is 58.2 Å². The van der Waals surface area contributed by atoms with Gasteiger partial charge in [-0.3, -0.25) is 9.69 Å². The van der Waals surface area contributed by atoms with E-state index in [1.807, 2.05) is 4.90 Å². The number of ether oxygens (including phenoxy) is 2. The molecule has 0 N–H and O–H groups in total. The fourth-order valence-corrected chi connectivity index (χ4v) is 2.55. The number of nitrogens with zero attached hydrogens (tertiary/aromatic N) is 2. The van der Waals surface area contributed by atoms with Gasteiger partial charge in [-0.1, -0.05) is 0 Å². The molecule has 7 nitrogen and oxygen atoms in total. The lowest BCUT2D eigenvalue weighted by Gasteiger charge is -2.29. The maximum Gasteiger partial charge on any atom is 0.410 e. The van der Waals surface area contributed by atoms with Gasteiger partial charge in [-0.2, -0.15) is 0 Å². The van der Waals surface area contributed by atoms with Crippen molar-refractivity contribution in [1.82, 2.24) is 9.80 Å². The number of hydrogen-bond donors (Lipinski definition) is 0. The van der Waals surface area contributed by atoms with Gasteiger partial charge < -0.3 is 19.2 Å². The highest BCUT2D eigenvalue weighted by molar-refractivity contribution is 5.77. The topological polar surface area (TPSA) is 76.2 Å². The zero-order chi connectivity index (χ0) is 17.6. The summed E-state index contributed by atoms with van der Waals surface area (Å²) in [6.45, 7) is 8.27. The Kier molecular flexibility index (Phi) is 7.00. The van der Waals surface area contributed by atoms with E-state index < -0.39 is 17.7 Å². The maximum atomic E-state index is 12.0. The summed E-state index contributed by atoms with van der Waals surface area (Å²) in [6, 6.07) is -0.728. The molecule has 0 aromatic carbocycles. The van der Waals surface area contributed by atoms with Crippen LogP contribution in [-0.4, -0.2) is 72.6 Å². The molecular weight excluding hydrogens is 300 g/mol. The zero-order valence-electron chi connectivity index (χ0n) is 14.7. The maximum absolute atomic E-state index is 12.0. The van der Waals surface area contributed by atoms with Crippen LogP contribution < -0.4 is 0 Å². The Labute approximate surface area is 137 Å². The summed E-state index contributed by atoms with van der Waals surface area (Å²) in [4.78, 5) is 38.4. The largest absolute Gasteiger partial charge is 0.465 e. The number of rotatable bonds is 6. The number of carbonyl (C=O) groups excluding carboxylic acids is 3. The highest BCUT2D eigenvalue weighted by Gasteiger charge is 2.38. The second-order valence-electron chi connectivity index (χ2n) is 6.69. The van der Waals surface area contributed by atoms with Crippen LogP contribution in [-0.2, 0) is 19.1 Å². The van der Waals surface area contributed by atoms with E-state index in [1.54, 1.807) is 34.7 Å². The smallest absolute Gasteiger partial charge is 0.410 e. The third-order valence-corrected chi connectivity index (χ3v) is 3.68. The number of aldehydes is 1. The first kappa shape index (κ1) is 19.4. The third kappa shape index (κ3) is 5.82. The van der Waals surface area contributed by atoms with Gasteiger partial charge in [0.1, 0.15) is 17.9 Å². The van der Waals surface area contributed by atoms with Gasteiger partial charge in [0, 0.05) is 20.1 Å². The third-order valence-electron chi connectivity index (χ3n) is 3.68. The Balaban J connectivity index is 2.62. The summed E-state index contributed by atoms with van der Waals surface area (Å²) in [5.41, 5.74) is -0.558. The van der Waals surface area contributed by atoms with Crippen LogP contribution in [0.4, 0.5) is 4.79 Å². The van der Waals surface area contributed by atoms with Crippen LogP contribution in [0.25, 0.3) is 0 Å². The molecule has 0 saturated carbocycles. The van der Waals surface area contributed by atoms with Gasteiger partial charge in [0.25, 0.3) is 0 Å². The Morgan fingerprint density at radius 3 is 2.48 bits per heavy atom. The first-order valence-corrected chi connectivity index (χ1v) is 8.01. The van der Waals surface area contributed by atoms with E-state index in [9.17, 15) is 14.4 Å². The van der Waals surface area contributed by atoms with Crippen LogP contribution in [0.3, 0.4) is 0 Å². The number of esters is 1. The Morgan fingerprint density at radius 2 is 1.96 bits per heavy atom. The minimum atomic E-state index is -0.558. The minimum absolute atomic E-state index is 0.309. The lowest BCUT2D eigenvalue weighted by Crippen LogP contribution is -2.46. The molecule has 0 aromatic rings. The molecule has 0 aliphatic carbocycles. The van der Waals surface area contributed by atoms with Crippen LogP contribution in [0.5, 0.6) is 0 Å². The summed E-state index contributed by atoms with van der Waals surface area (Å²) >= 11 is 0. The lowest BCUT2D eigenvalue weighted by atomic mass is 10.2. The van der Waals surface area contributed by atoms with Crippen molar-refractivity contribution in [3.05, 3.63) is 0 Å². The van der Waals surface area contributed by atoms with Gasteiger partial charge >= 0.3 is 12.1 Å². The molecule has 1 amide bonds. The molecule has 0 bridgehead atoms. The van der Waals surface area contributed by atoms with Crippen LogP contribution in [0.1, 0.15) is 40.5 Å². The van der Waals surface area contributed by atoms with Crippen LogP contribution >= 0.6 is 0 Å². The first-order valence-electron chi connectivity index (χ1n) is 8.01. The molecule has 2 atom stereocenters. The average molecular weight is 328 g/mol. The molecule has 1 heterocycles. The van der Waals surface area contributed by atoms with Crippen molar-refractivity contribution >= 4 is 18.3 Å². The summed E-state index contributed by atoms with van der Waals surface area (Å²) in [5.74, 6) is -0.309. The van der Waals surface area contributed by atoms with Gasteiger partial charge in [-0.15, -0.1) is 0 Å². The summed E-state index contributed by atoms with van der Waals surface area (Å²) in [6.07, 6.45) is 1.65. The standard InChI is InChI=1S/C16H28N2O5/c1-6-22-14(20)13-8-7-12(11-19)18(13)10-9-17(5)15(21)23-16(2,3)4/h11-13H,6-10H2,1-5H3. The molecule has 1 aliphatic heterocycles. The van der Waals surface area contributed by atoms with Gasteiger partial charge in [0.05, 0.1) is 12.6 Å². The summed E-state index contributed by atoms with van der Waals surface area (Å²) in [5, 5.41) is 0. The molecule has 1 aliphatic rings. The molecule has 1 fully saturated rings. The van der Waals surface area contributed by atoms with E-state index in [0.29, 0.717) is 32.5 Å². The number of likely N-dealkylation sites (N-methyl/N-ethyl adjacent to an activating group) is 1. The van der Waals surface area contributed by atoms with Gasteiger partial charge in [-0.25, -0.2) is 4.79 Å². The second-order valence-corrected chi connectivity index (χ2v) is 6.69. The highest BCUT2D eigenvalue weighted by atomic mass is 16.6. The first-order chi connectivity index (χ1) is 10.7. The molecule has 0 spiro atoms. The molecule has 23 heavy (non-hydrogen) atoms. The van der Waals surface area contributed by atoms with Crippen molar-refractivity contribution in [2.75, 3.05) is 26.7 Å². The van der Waals surface area contributed by atoms with Crippen LogP contribution in [0.15, 0.2) is 0 Å². The van der Waals surface area contributed by atoms with Gasteiger partial charge in [-0.05, 0) is 40.5 Å².